The Morgan fingerprint density at radius 1 is 1.09 bits per heavy atom. The molecule has 23 heavy (non-hydrogen) atoms. The molecule has 4 atom stereocenters. The van der Waals surface area contributed by atoms with Gasteiger partial charge in [0.1, 0.15) is 0 Å². The van der Waals surface area contributed by atoms with Crippen LogP contribution in [0.5, 0.6) is 0 Å². The van der Waals surface area contributed by atoms with Crippen molar-refractivity contribution >= 4 is 19.2 Å². The molecule has 4 unspecified atom stereocenters. The van der Waals surface area contributed by atoms with E-state index >= 15 is 0 Å². The summed E-state index contributed by atoms with van der Waals surface area (Å²) in [5.41, 5.74) is 1.33. The van der Waals surface area contributed by atoms with E-state index in [0.29, 0.717) is 11.8 Å². The first kappa shape index (κ1) is 16.7. The summed E-state index contributed by atoms with van der Waals surface area (Å²) in [6, 6.07) is 9.05. The highest BCUT2D eigenvalue weighted by molar-refractivity contribution is 6.88. The fourth-order valence-corrected chi connectivity index (χ4v) is 4.83. The molecule has 1 saturated carbocycles. The van der Waals surface area contributed by atoms with Crippen molar-refractivity contribution < 1.29 is 9.53 Å². The van der Waals surface area contributed by atoms with Gasteiger partial charge in [0.2, 0.25) is 5.91 Å². The van der Waals surface area contributed by atoms with E-state index in [1.54, 1.807) is 0 Å². The lowest BCUT2D eigenvalue weighted by atomic mass is 10.1. The summed E-state index contributed by atoms with van der Waals surface area (Å²) in [4.78, 5) is 14.8. The molecule has 4 heteroatoms. The molecule has 3 rings (SSSR count). The summed E-state index contributed by atoms with van der Waals surface area (Å²) in [6.45, 7) is 12.7. The zero-order valence-corrected chi connectivity index (χ0v) is 16.0. The van der Waals surface area contributed by atoms with E-state index < -0.39 is 8.07 Å². The predicted octanol–water partition coefficient (Wildman–Crippen LogP) is 2.97. The van der Waals surface area contributed by atoms with Crippen LogP contribution in [-0.2, 0) is 9.53 Å². The van der Waals surface area contributed by atoms with E-state index in [9.17, 15) is 4.79 Å². The molecule has 1 amide bonds. The Balaban J connectivity index is 1.64. The highest BCUT2D eigenvalue weighted by Gasteiger charge is 2.46. The Morgan fingerprint density at radius 3 is 2.17 bits per heavy atom. The van der Waals surface area contributed by atoms with Crippen LogP contribution in [0, 0.1) is 5.92 Å². The normalized spacial score (nSPS) is 31.1. The molecule has 0 radical (unpaired) electrons. The minimum Gasteiger partial charge on any atom is -0.372 e. The number of carbonyl (C=O) groups is 1. The van der Waals surface area contributed by atoms with Crippen LogP contribution >= 0.6 is 0 Å². The molecule has 1 aromatic carbocycles. The third-order valence-electron chi connectivity index (χ3n) is 5.04. The van der Waals surface area contributed by atoms with Crippen molar-refractivity contribution in [2.75, 3.05) is 13.1 Å². The molecule has 1 saturated heterocycles. The molecular formula is C19H29NO2Si. The maximum atomic E-state index is 12.7. The highest BCUT2D eigenvalue weighted by atomic mass is 28.3. The van der Waals surface area contributed by atoms with Gasteiger partial charge in [-0.15, -0.1) is 0 Å². The largest absolute Gasteiger partial charge is 0.372 e. The predicted molar refractivity (Wildman–Crippen MR) is 96.9 cm³/mol. The summed E-state index contributed by atoms with van der Waals surface area (Å²) in [5.74, 6) is 0.933. The Morgan fingerprint density at radius 2 is 1.65 bits per heavy atom. The van der Waals surface area contributed by atoms with Gasteiger partial charge in [-0.3, -0.25) is 4.79 Å². The average molecular weight is 332 g/mol. The molecule has 2 fully saturated rings. The van der Waals surface area contributed by atoms with Crippen LogP contribution in [0.15, 0.2) is 24.3 Å². The second-order valence-electron chi connectivity index (χ2n) is 8.32. The fourth-order valence-electron chi connectivity index (χ4n) is 3.66. The first-order valence-electron chi connectivity index (χ1n) is 8.80. The Bertz CT molecular complexity index is 568. The Labute approximate surface area is 141 Å². The Hall–Kier alpha value is -1.13. The lowest BCUT2D eigenvalue weighted by molar-refractivity contribution is -0.144. The minimum atomic E-state index is -1.24. The van der Waals surface area contributed by atoms with Crippen LogP contribution < -0.4 is 5.19 Å². The summed E-state index contributed by atoms with van der Waals surface area (Å²) < 4.78 is 5.73. The second-order valence-corrected chi connectivity index (χ2v) is 13.4. The van der Waals surface area contributed by atoms with Crippen molar-refractivity contribution in [3.05, 3.63) is 29.8 Å². The van der Waals surface area contributed by atoms with Gasteiger partial charge in [-0.2, -0.15) is 0 Å². The third kappa shape index (κ3) is 3.69. The van der Waals surface area contributed by atoms with Crippen LogP contribution in [-0.4, -0.2) is 44.2 Å². The van der Waals surface area contributed by atoms with Crippen molar-refractivity contribution in [1.29, 1.82) is 0 Å². The number of nitrogens with zero attached hydrogens (tertiary/aromatic N) is 1. The molecule has 126 valence electrons. The summed E-state index contributed by atoms with van der Waals surface area (Å²) in [5, 5.41) is 1.49. The molecule has 2 aliphatic rings. The van der Waals surface area contributed by atoms with E-state index in [0.717, 1.165) is 19.5 Å². The average Bonchev–Trinajstić information content (AvgIpc) is 3.25. The van der Waals surface area contributed by atoms with Gasteiger partial charge < -0.3 is 9.64 Å². The van der Waals surface area contributed by atoms with Gasteiger partial charge in [0, 0.05) is 19.0 Å². The van der Waals surface area contributed by atoms with E-state index in [1.165, 1.54) is 10.8 Å². The van der Waals surface area contributed by atoms with Crippen LogP contribution in [0.1, 0.15) is 31.7 Å². The van der Waals surface area contributed by atoms with Crippen LogP contribution in [0.3, 0.4) is 0 Å². The standard InChI is InChI=1S/C19H29NO2Si/c1-13-11-20(12-14(2)22-13)19(21)18-10-17(18)15-6-8-16(9-7-15)23(3,4)5/h6-9,13-14,17-18H,10-12H2,1-5H3. The van der Waals surface area contributed by atoms with Gasteiger partial charge in [-0.25, -0.2) is 0 Å². The molecule has 1 aliphatic carbocycles. The molecule has 0 bridgehead atoms. The highest BCUT2D eigenvalue weighted by Crippen LogP contribution is 2.48. The number of morpholine rings is 1. The van der Waals surface area contributed by atoms with E-state index in [4.69, 9.17) is 4.74 Å². The van der Waals surface area contributed by atoms with Gasteiger partial charge in [0.25, 0.3) is 0 Å². The number of benzene rings is 1. The van der Waals surface area contributed by atoms with Crippen molar-refractivity contribution in [2.45, 2.75) is 58.0 Å². The van der Waals surface area contributed by atoms with E-state index in [1.807, 2.05) is 4.90 Å². The van der Waals surface area contributed by atoms with Gasteiger partial charge in [-0.1, -0.05) is 49.1 Å². The maximum absolute atomic E-state index is 12.7. The number of rotatable bonds is 3. The lowest BCUT2D eigenvalue weighted by Gasteiger charge is -2.35. The molecule has 0 spiro atoms. The quantitative estimate of drug-likeness (QED) is 0.797. The van der Waals surface area contributed by atoms with Gasteiger partial charge >= 0.3 is 0 Å². The van der Waals surface area contributed by atoms with Gasteiger partial charge in [0.15, 0.2) is 0 Å². The minimum absolute atomic E-state index is 0.149. The van der Waals surface area contributed by atoms with Crippen molar-refractivity contribution in [3.8, 4) is 0 Å². The first-order chi connectivity index (χ1) is 10.8. The topological polar surface area (TPSA) is 29.5 Å². The number of hydrogen-bond donors (Lipinski definition) is 0. The number of ether oxygens (including phenoxy) is 1. The van der Waals surface area contributed by atoms with Crippen LogP contribution in [0.2, 0.25) is 19.6 Å². The summed E-state index contributed by atoms with van der Waals surface area (Å²) in [6.07, 6.45) is 1.30. The Kier molecular flexibility index (Phi) is 4.40. The molecular weight excluding hydrogens is 302 g/mol. The summed E-state index contributed by atoms with van der Waals surface area (Å²) >= 11 is 0. The fraction of sp³-hybridized carbons (Fsp3) is 0.632. The molecule has 1 aliphatic heterocycles. The van der Waals surface area contributed by atoms with E-state index in [2.05, 4.69) is 57.8 Å². The first-order valence-corrected chi connectivity index (χ1v) is 12.3. The molecule has 0 N–H and O–H groups in total. The van der Waals surface area contributed by atoms with Crippen molar-refractivity contribution in [2.24, 2.45) is 5.92 Å². The van der Waals surface area contributed by atoms with Gasteiger partial charge in [-0.05, 0) is 31.7 Å². The number of carbonyl (C=O) groups excluding carboxylic acids is 1. The van der Waals surface area contributed by atoms with Crippen LogP contribution in [0.25, 0.3) is 0 Å². The monoisotopic (exact) mass is 331 g/mol. The number of hydrogen-bond acceptors (Lipinski definition) is 2. The van der Waals surface area contributed by atoms with Crippen molar-refractivity contribution in [3.63, 3.8) is 0 Å². The van der Waals surface area contributed by atoms with Crippen LogP contribution in [0.4, 0.5) is 0 Å². The van der Waals surface area contributed by atoms with Crippen molar-refractivity contribution in [1.82, 2.24) is 4.90 Å². The zero-order valence-electron chi connectivity index (χ0n) is 15.0. The smallest absolute Gasteiger partial charge is 0.226 e. The lowest BCUT2D eigenvalue weighted by Crippen LogP contribution is -2.48. The number of amides is 1. The van der Waals surface area contributed by atoms with Gasteiger partial charge in [0.05, 0.1) is 20.3 Å². The molecule has 1 aromatic rings. The summed E-state index contributed by atoms with van der Waals surface area (Å²) in [7, 11) is -1.24. The maximum Gasteiger partial charge on any atom is 0.226 e. The third-order valence-corrected chi connectivity index (χ3v) is 7.11. The molecule has 3 nitrogen and oxygen atoms in total. The SMILES string of the molecule is CC1CN(C(=O)C2CC2c2ccc([Si](C)(C)C)cc2)CC(C)O1. The zero-order chi connectivity index (χ0) is 16.8. The second kappa shape index (κ2) is 6.06. The molecule has 0 aromatic heterocycles. The molecule has 1 heterocycles. The van der Waals surface area contributed by atoms with E-state index in [-0.39, 0.29) is 18.1 Å².